The van der Waals surface area contributed by atoms with Gasteiger partial charge in [-0.05, 0) is 49.1 Å². The fraction of sp³-hybridized carbons (Fsp3) is 0.400. The Morgan fingerprint density at radius 3 is 2.38 bits per heavy atom. The van der Waals surface area contributed by atoms with Gasteiger partial charge < -0.3 is 14.2 Å². The first-order valence-corrected chi connectivity index (χ1v) is 10.2. The Kier molecular flexibility index (Phi) is 5.32. The lowest BCUT2D eigenvalue weighted by atomic mass is 9.77. The Morgan fingerprint density at radius 1 is 1.03 bits per heavy atom. The zero-order chi connectivity index (χ0) is 20.5. The fourth-order valence-electron chi connectivity index (χ4n) is 4.52. The Hall–Kier alpha value is -2.43. The predicted octanol–water partition coefficient (Wildman–Crippen LogP) is 5.18. The van der Waals surface area contributed by atoms with E-state index >= 15 is 0 Å². The van der Waals surface area contributed by atoms with Crippen molar-refractivity contribution in [1.29, 1.82) is 0 Å². The van der Waals surface area contributed by atoms with Crippen LogP contribution in [-0.4, -0.2) is 30.6 Å². The molecule has 4 heteroatoms. The Labute approximate surface area is 173 Å². The Morgan fingerprint density at radius 2 is 1.72 bits per heavy atom. The molecule has 2 aliphatic rings. The summed E-state index contributed by atoms with van der Waals surface area (Å²) in [7, 11) is 3.38. The molecule has 1 unspecified atom stereocenters. The van der Waals surface area contributed by atoms with Gasteiger partial charge in [0.15, 0.2) is 5.76 Å². The van der Waals surface area contributed by atoms with Gasteiger partial charge in [0.25, 0.3) is 0 Å². The molecule has 152 valence electrons. The van der Waals surface area contributed by atoms with Crippen LogP contribution in [0.2, 0.25) is 0 Å². The molecule has 1 atom stereocenters. The molecule has 0 spiro atoms. The molecule has 0 radical (unpaired) electrons. The van der Waals surface area contributed by atoms with Gasteiger partial charge in [0.05, 0.1) is 0 Å². The van der Waals surface area contributed by atoms with E-state index in [1.165, 1.54) is 22.3 Å². The number of rotatable bonds is 6. The van der Waals surface area contributed by atoms with Crippen molar-refractivity contribution in [1.82, 2.24) is 4.98 Å². The van der Waals surface area contributed by atoms with Gasteiger partial charge in [-0.15, -0.1) is 0 Å². The zero-order valence-electron chi connectivity index (χ0n) is 17.6. The van der Waals surface area contributed by atoms with Crippen molar-refractivity contribution < 1.29 is 14.2 Å². The van der Waals surface area contributed by atoms with E-state index in [0.29, 0.717) is 6.42 Å². The standard InChI is InChI=1S/C25H29NO3/c1-24(2)17-22-20(10-13-25(27-3,28-4)23(22)29-24)21(19-8-6-5-7-9-19)16-18-11-14-26-15-12-18/h5-12,14-15,21H,13,16-17H2,1-4H3. The van der Waals surface area contributed by atoms with E-state index in [1.54, 1.807) is 14.2 Å². The molecule has 0 N–H and O–H groups in total. The number of benzene rings is 1. The lowest BCUT2D eigenvalue weighted by Crippen LogP contribution is -2.39. The van der Waals surface area contributed by atoms with Gasteiger partial charge in [-0.1, -0.05) is 36.4 Å². The number of methoxy groups -OCH3 is 2. The highest BCUT2D eigenvalue weighted by molar-refractivity contribution is 5.50. The topological polar surface area (TPSA) is 40.6 Å². The highest BCUT2D eigenvalue weighted by atomic mass is 16.7. The largest absolute Gasteiger partial charge is 0.486 e. The van der Waals surface area contributed by atoms with Crippen LogP contribution in [0.1, 0.15) is 43.7 Å². The van der Waals surface area contributed by atoms with Crippen LogP contribution < -0.4 is 0 Å². The zero-order valence-corrected chi connectivity index (χ0v) is 17.6. The molecule has 0 fully saturated rings. The van der Waals surface area contributed by atoms with Crippen LogP contribution in [0.4, 0.5) is 0 Å². The van der Waals surface area contributed by atoms with Crippen LogP contribution >= 0.6 is 0 Å². The second-order valence-electron chi connectivity index (χ2n) is 8.39. The summed E-state index contributed by atoms with van der Waals surface area (Å²) in [6.45, 7) is 4.25. The lowest BCUT2D eigenvalue weighted by Gasteiger charge is -2.36. The number of ether oxygens (including phenoxy) is 3. The first-order chi connectivity index (χ1) is 14.0. The van der Waals surface area contributed by atoms with Crippen molar-refractivity contribution in [3.05, 3.63) is 89.0 Å². The molecule has 0 saturated heterocycles. The van der Waals surface area contributed by atoms with Crippen LogP contribution in [0.3, 0.4) is 0 Å². The van der Waals surface area contributed by atoms with E-state index in [9.17, 15) is 0 Å². The van der Waals surface area contributed by atoms with Gasteiger partial charge in [0.1, 0.15) is 5.60 Å². The van der Waals surface area contributed by atoms with Crippen LogP contribution in [0, 0.1) is 0 Å². The Balaban J connectivity index is 1.79. The molecule has 1 aliphatic carbocycles. The smallest absolute Gasteiger partial charge is 0.231 e. The molecule has 2 heterocycles. The van der Waals surface area contributed by atoms with E-state index in [-0.39, 0.29) is 11.5 Å². The van der Waals surface area contributed by atoms with Crippen molar-refractivity contribution in [2.24, 2.45) is 0 Å². The van der Waals surface area contributed by atoms with E-state index in [2.05, 4.69) is 67.4 Å². The fourth-order valence-corrected chi connectivity index (χ4v) is 4.52. The summed E-state index contributed by atoms with van der Waals surface area (Å²) < 4.78 is 18.1. The molecular formula is C25H29NO3. The van der Waals surface area contributed by atoms with Crippen molar-refractivity contribution in [2.75, 3.05) is 14.2 Å². The van der Waals surface area contributed by atoms with Crippen molar-refractivity contribution in [3.63, 3.8) is 0 Å². The maximum atomic E-state index is 6.40. The molecular weight excluding hydrogens is 362 g/mol. The van der Waals surface area contributed by atoms with E-state index in [0.717, 1.165) is 18.6 Å². The summed E-state index contributed by atoms with van der Waals surface area (Å²) >= 11 is 0. The molecule has 0 amide bonds. The maximum absolute atomic E-state index is 6.40. The summed E-state index contributed by atoms with van der Waals surface area (Å²) in [6.07, 6.45) is 8.38. The number of hydrogen-bond acceptors (Lipinski definition) is 4. The summed E-state index contributed by atoms with van der Waals surface area (Å²) in [5.41, 5.74) is 4.82. The van der Waals surface area contributed by atoms with E-state index < -0.39 is 5.79 Å². The second-order valence-corrected chi connectivity index (χ2v) is 8.39. The highest BCUT2D eigenvalue weighted by Crippen LogP contribution is 2.51. The quantitative estimate of drug-likeness (QED) is 0.636. The summed E-state index contributed by atoms with van der Waals surface area (Å²) in [5, 5.41) is 0. The van der Waals surface area contributed by atoms with Gasteiger partial charge in [-0.2, -0.15) is 0 Å². The van der Waals surface area contributed by atoms with E-state index in [1.807, 2.05) is 12.4 Å². The summed E-state index contributed by atoms with van der Waals surface area (Å²) in [4.78, 5) is 4.17. The van der Waals surface area contributed by atoms with Crippen molar-refractivity contribution in [2.45, 2.75) is 50.4 Å². The van der Waals surface area contributed by atoms with E-state index in [4.69, 9.17) is 14.2 Å². The van der Waals surface area contributed by atoms with Gasteiger partial charge in [-0.3, -0.25) is 4.98 Å². The molecule has 2 aromatic rings. The third-order valence-corrected chi connectivity index (χ3v) is 5.97. The minimum atomic E-state index is -0.843. The third kappa shape index (κ3) is 3.75. The molecule has 4 nitrogen and oxygen atoms in total. The highest BCUT2D eigenvalue weighted by Gasteiger charge is 2.49. The van der Waals surface area contributed by atoms with Crippen LogP contribution in [-0.2, 0) is 20.6 Å². The molecule has 1 aliphatic heterocycles. The van der Waals surface area contributed by atoms with Gasteiger partial charge >= 0.3 is 0 Å². The first kappa shape index (κ1) is 19.9. The third-order valence-electron chi connectivity index (χ3n) is 5.97. The minimum Gasteiger partial charge on any atom is -0.486 e. The van der Waals surface area contributed by atoms with Gasteiger partial charge in [0, 0.05) is 50.9 Å². The second kappa shape index (κ2) is 7.77. The van der Waals surface area contributed by atoms with Crippen LogP contribution in [0.15, 0.2) is 77.8 Å². The van der Waals surface area contributed by atoms with Crippen LogP contribution in [0.5, 0.6) is 0 Å². The molecule has 0 saturated carbocycles. The van der Waals surface area contributed by atoms with Gasteiger partial charge in [0.2, 0.25) is 5.79 Å². The SMILES string of the molecule is COC1(OC)CC=C(C(Cc2ccncc2)c2ccccc2)C2=C1OC(C)(C)C2. The van der Waals surface area contributed by atoms with Gasteiger partial charge in [-0.25, -0.2) is 0 Å². The number of pyridine rings is 1. The normalized spacial score (nSPS) is 20.6. The predicted molar refractivity (Wildman–Crippen MR) is 113 cm³/mol. The molecule has 0 bridgehead atoms. The molecule has 1 aromatic heterocycles. The minimum absolute atomic E-state index is 0.229. The molecule has 29 heavy (non-hydrogen) atoms. The van der Waals surface area contributed by atoms with Crippen molar-refractivity contribution >= 4 is 0 Å². The first-order valence-electron chi connectivity index (χ1n) is 10.2. The molecule has 1 aromatic carbocycles. The Bertz CT molecular complexity index is 912. The average Bonchev–Trinajstić information content (AvgIpc) is 3.08. The molecule has 4 rings (SSSR count). The number of hydrogen-bond donors (Lipinski definition) is 0. The lowest BCUT2D eigenvalue weighted by molar-refractivity contribution is -0.207. The summed E-state index contributed by atoms with van der Waals surface area (Å²) in [6, 6.07) is 14.9. The number of nitrogens with zero attached hydrogens (tertiary/aromatic N) is 1. The monoisotopic (exact) mass is 391 g/mol. The maximum Gasteiger partial charge on any atom is 0.231 e. The number of aromatic nitrogens is 1. The van der Waals surface area contributed by atoms with Crippen molar-refractivity contribution in [3.8, 4) is 0 Å². The van der Waals surface area contributed by atoms with Crippen LogP contribution in [0.25, 0.3) is 0 Å². The summed E-state index contributed by atoms with van der Waals surface area (Å²) in [5.74, 6) is 0.221. The average molecular weight is 392 g/mol. The number of allylic oxidation sites excluding steroid dienone is 1.